The number of hydrogen-bond donors (Lipinski definition) is 2. The molecule has 0 spiro atoms. The van der Waals surface area contributed by atoms with E-state index in [1.807, 2.05) is 30.3 Å². The number of carbonyl (C=O) groups excluding carboxylic acids is 1. The number of carbonyl (C=O) groups is 2. The highest BCUT2D eigenvalue weighted by atomic mass is 16.5. The standard InChI is InChI=1S/C14H15N3O4/c1-10(13(18)19)17-12(7-8-15-17)16-14(20)21-9-11-5-3-2-4-6-11/h2-8,10H,9H2,1H3,(H,16,20)(H,18,19). The summed E-state index contributed by atoms with van der Waals surface area (Å²) in [6.07, 6.45) is 0.741. The minimum atomic E-state index is -1.04. The number of benzene rings is 1. The molecule has 0 aliphatic rings. The maximum absolute atomic E-state index is 11.7. The van der Waals surface area contributed by atoms with Crippen LogP contribution >= 0.6 is 0 Å². The van der Waals surface area contributed by atoms with Gasteiger partial charge in [-0.2, -0.15) is 5.10 Å². The molecule has 1 heterocycles. The van der Waals surface area contributed by atoms with Crippen LogP contribution in [-0.4, -0.2) is 26.9 Å². The first-order valence-electron chi connectivity index (χ1n) is 6.32. The molecular weight excluding hydrogens is 274 g/mol. The van der Waals surface area contributed by atoms with Gasteiger partial charge >= 0.3 is 12.1 Å². The Labute approximate surface area is 121 Å². The molecule has 2 N–H and O–H groups in total. The molecule has 21 heavy (non-hydrogen) atoms. The Morgan fingerprint density at radius 3 is 2.71 bits per heavy atom. The number of amides is 1. The summed E-state index contributed by atoms with van der Waals surface area (Å²) >= 11 is 0. The number of carboxylic acid groups (broad SMARTS) is 1. The lowest BCUT2D eigenvalue weighted by Gasteiger charge is -2.12. The van der Waals surface area contributed by atoms with Crippen LogP contribution < -0.4 is 5.32 Å². The van der Waals surface area contributed by atoms with Gasteiger partial charge in [-0.05, 0) is 12.5 Å². The van der Waals surface area contributed by atoms with Gasteiger partial charge in [-0.3, -0.25) is 5.32 Å². The van der Waals surface area contributed by atoms with E-state index in [9.17, 15) is 9.59 Å². The van der Waals surface area contributed by atoms with Gasteiger partial charge in [-0.15, -0.1) is 0 Å². The van der Waals surface area contributed by atoms with E-state index in [0.717, 1.165) is 5.56 Å². The number of rotatable bonds is 5. The zero-order valence-electron chi connectivity index (χ0n) is 11.4. The third-order valence-corrected chi connectivity index (χ3v) is 2.84. The molecular formula is C14H15N3O4. The second-order valence-corrected chi connectivity index (χ2v) is 4.36. The Hall–Kier alpha value is -2.83. The first-order chi connectivity index (χ1) is 10.1. The minimum Gasteiger partial charge on any atom is -0.480 e. The Kier molecular flexibility index (Phi) is 4.55. The molecule has 1 aromatic carbocycles. The van der Waals surface area contributed by atoms with E-state index >= 15 is 0 Å². The van der Waals surface area contributed by atoms with E-state index in [2.05, 4.69) is 10.4 Å². The SMILES string of the molecule is CC(C(=O)O)n1nccc1NC(=O)OCc1ccccc1. The molecule has 1 aromatic heterocycles. The summed E-state index contributed by atoms with van der Waals surface area (Å²) < 4.78 is 6.26. The van der Waals surface area contributed by atoms with Crippen molar-refractivity contribution in [1.29, 1.82) is 0 Å². The number of carboxylic acids is 1. The summed E-state index contributed by atoms with van der Waals surface area (Å²) in [6, 6.07) is 9.86. The summed E-state index contributed by atoms with van der Waals surface area (Å²) in [5, 5.41) is 15.3. The van der Waals surface area contributed by atoms with Crippen molar-refractivity contribution in [1.82, 2.24) is 9.78 Å². The molecule has 0 aliphatic carbocycles. The van der Waals surface area contributed by atoms with Gasteiger partial charge in [0.1, 0.15) is 18.5 Å². The lowest BCUT2D eigenvalue weighted by molar-refractivity contribution is -0.140. The fourth-order valence-corrected chi connectivity index (χ4v) is 1.69. The van der Waals surface area contributed by atoms with Crippen molar-refractivity contribution in [2.45, 2.75) is 19.6 Å². The van der Waals surface area contributed by atoms with Crippen LogP contribution in [0.15, 0.2) is 42.6 Å². The molecule has 0 fully saturated rings. The zero-order valence-corrected chi connectivity index (χ0v) is 11.4. The number of anilines is 1. The van der Waals surface area contributed by atoms with Crippen LogP contribution in [0.4, 0.5) is 10.6 Å². The van der Waals surface area contributed by atoms with E-state index in [-0.39, 0.29) is 12.4 Å². The molecule has 0 saturated carbocycles. The Bertz CT molecular complexity index is 624. The Balaban J connectivity index is 1.94. The van der Waals surface area contributed by atoms with Crippen molar-refractivity contribution < 1.29 is 19.4 Å². The lowest BCUT2D eigenvalue weighted by atomic mass is 10.2. The van der Waals surface area contributed by atoms with Gasteiger partial charge in [0.25, 0.3) is 0 Å². The summed E-state index contributed by atoms with van der Waals surface area (Å²) in [6.45, 7) is 1.60. The van der Waals surface area contributed by atoms with E-state index in [1.165, 1.54) is 23.9 Å². The van der Waals surface area contributed by atoms with E-state index in [1.54, 1.807) is 0 Å². The molecule has 1 unspecified atom stereocenters. The van der Waals surface area contributed by atoms with Crippen molar-refractivity contribution in [2.75, 3.05) is 5.32 Å². The lowest BCUT2D eigenvalue weighted by Crippen LogP contribution is -2.22. The molecule has 7 nitrogen and oxygen atoms in total. The molecule has 1 atom stereocenters. The molecule has 7 heteroatoms. The zero-order chi connectivity index (χ0) is 15.2. The first kappa shape index (κ1) is 14.6. The number of ether oxygens (including phenoxy) is 1. The van der Waals surface area contributed by atoms with Gasteiger partial charge in [-0.25, -0.2) is 14.3 Å². The van der Waals surface area contributed by atoms with Gasteiger partial charge in [-0.1, -0.05) is 30.3 Å². The van der Waals surface area contributed by atoms with E-state index in [4.69, 9.17) is 9.84 Å². The summed E-state index contributed by atoms with van der Waals surface area (Å²) in [4.78, 5) is 22.6. The number of nitrogens with zero attached hydrogens (tertiary/aromatic N) is 2. The number of hydrogen-bond acceptors (Lipinski definition) is 4. The van der Waals surface area contributed by atoms with E-state index < -0.39 is 18.1 Å². The monoisotopic (exact) mass is 289 g/mol. The Morgan fingerprint density at radius 2 is 2.05 bits per heavy atom. The van der Waals surface area contributed by atoms with Crippen LogP contribution in [0.5, 0.6) is 0 Å². The minimum absolute atomic E-state index is 0.134. The second-order valence-electron chi connectivity index (χ2n) is 4.36. The van der Waals surface area contributed by atoms with Crippen molar-refractivity contribution >= 4 is 17.9 Å². The predicted octanol–water partition coefficient (Wildman–Crippen LogP) is 2.28. The van der Waals surface area contributed by atoms with Crippen molar-refractivity contribution in [3.63, 3.8) is 0 Å². The summed E-state index contributed by atoms with van der Waals surface area (Å²) in [7, 11) is 0. The van der Waals surface area contributed by atoms with Crippen LogP contribution in [-0.2, 0) is 16.1 Å². The molecule has 0 saturated heterocycles. The molecule has 110 valence electrons. The number of aliphatic carboxylic acids is 1. The summed E-state index contributed by atoms with van der Waals surface area (Å²) in [5.74, 6) is -0.776. The normalized spacial score (nSPS) is 11.7. The largest absolute Gasteiger partial charge is 0.480 e. The maximum Gasteiger partial charge on any atom is 0.413 e. The quantitative estimate of drug-likeness (QED) is 0.880. The average molecular weight is 289 g/mol. The third kappa shape index (κ3) is 3.82. The van der Waals surface area contributed by atoms with Gasteiger partial charge in [0.15, 0.2) is 0 Å². The van der Waals surface area contributed by atoms with Crippen LogP contribution in [0, 0.1) is 0 Å². The second kappa shape index (κ2) is 6.56. The highest BCUT2D eigenvalue weighted by Gasteiger charge is 2.18. The predicted molar refractivity (Wildman–Crippen MR) is 74.8 cm³/mol. The molecule has 0 radical (unpaired) electrons. The fraction of sp³-hybridized carbons (Fsp3) is 0.214. The molecule has 0 aliphatic heterocycles. The van der Waals surface area contributed by atoms with Crippen molar-refractivity contribution in [3.05, 3.63) is 48.2 Å². The molecule has 0 bridgehead atoms. The van der Waals surface area contributed by atoms with Crippen LogP contribution in [0.1, 0.15) is 18.5 Å². The number of aromatic nitrogens is 2. The van der Waals surface area contributed by atoms with Gasteiger partial charge in [0, 0.05) is 6.07 Å². The molecule has 2 rings (SSSR count). The maximum atomic E-state index is 11.7. The smallest absolute Gasteiger partial charge is 0.413 e. The van der Waals surface area contributed by atoms with Crippen LogP contribution in [0.3, 0.4) is 0 Å². The highest BCUT2D eigenvalue weighted by Crippen LogP contribution is 2.14. The van der Waals surface area contributed by atoms with Crippen LogP contribution in [0.2, 0.25) is 0 Å². The fourth-order valence-electron chi connectivity index (χ4n) is 1.69. The van der Waals surface area contributed by atoms with E-state index in [0.29, 0.717) is 0 Å². The topological polar surface area (TPSA) is 93.5 Å². The molecule has 1 amide bonds. The molecule has 2 aromatic rings. The first-order valence-corrected chi connectivity index (χ1v) is 6.32. The van der Waals surface area contributed by atoms with Crippen molar-refractivity contribution in [2.24, 2.45) is 0 Å². The number of nitrogens with one attached hydrogen (secondary N) is 1. The summed E-state index contributed by atoms with van der Waals surface area (Å²) in [5.41, 5.74) is 0.861. The van der Waals surface area contributed by atoms with Crippen LogP contribution in [0.25, 0.3) is 0 Å². The van der Waals surface area contributed by atoms with Gasteiger partial charge in [0.05, 0.1) is 6.20 Å². The van der Waals surface area contributed by atoms with Crippen molar-refractivity contribution in [3.8, 4) is 0 Å². The Morgan fingerprint density at radius 1 is 1.33 bits per heavy atom. The van der Waals surface area contributed by atoms with Gasteiger partial charge in [0.2, 0.25) is 0 Å². The highest BCUT2D eigenvalue weighted by molar-refractivity contribution is 5.84. The average Bonchev–Trinajstić information content (AvgIpc) is 2.93. The van der Waals surface area contributed by atoms with Gasteiger partial charge < -0.3 is 9.84 Å². The third-order valence-electron chi connectivity index (χ3n) is 2.84.